The van der Waals surface area contributed by atoms with Gasteiger partial charge in [0.15, 0.2) is 0 Å². The Labute approximate surface area is 135 Å². The lowest BCUT2D eigenvalue weighted by Gasteiger charge is -2.32. The van der Waals surface area contributed by atoms with Crippen molar-refractivity contribution in [2.75, 3.05) is 6.54 Å². The quantitative estimate of drug-likeness (QED) is 0.773. The van der Waals surface area contributed by atoms with Crippen molar-refractivity contribution >= 4 is 23.2 Å². The Kier molecular flexibility index (Phi) is 5.97. The van der Waals surface area contributed by atoms with Crippen LogP contribution in [0, 0.1) is 5.92 Å². The number of thiophene rings is 1. The number of carbonyl (C=O) groups is 2. The summed E-state index contributed by atoms with van der Waals surface area (Å²) in [5.74, 6) is -0.241. The highest BCUT2D eigenvalue weighted by atomic mass is 32.1. The molecule has 6 heteroatoms. The van der Waals surface area contributed by atoms with Crippen LogP contribution in [0.5, 0.6) is 0 Å². The number of hydrogen-bond acceptors (Lipinski definition) is 4. The third kappa shape index (κ3) is 4.30. The van der Waals surface area contributed by atoms with Crippen molar-refractivity contribution < 1.29 is 9.59 Å². The molecule has 22 heavy (non-hydrogen) atoms. The molecular formula is C16H25N3O2S. The average molecular weight is 323 g/mol. The van der Waals surface area contributed by atoms with Crippen molar-refractivity contribution in [2.24, 2.45) is 5.92 Å². The summed E-state index contributed by atoms with van der Waals surface area (Å²) in [6.45, 7) is 6.97. The van der Waals surface area contributed by atoms with Crippen LogP contribution >= 0.6 is 11.3 Å². The second-order valence-electron chi connectivity index (χ2n) is 6.17. The molecule has 1 fully saturated rings. The van der Waals surface area contributed by atoms with Gasteiger partial charge in [-0.3, -0.25) is 9.59 Å². The van der Waals surface area contributed by atoms with E-state index in [0.29, 0.717) is 4.88 Å². The van der Waals surface area contributed by atoms with E-state index in [1.165, 1.54) is 11.3 Å². The summed E-state index contributed by atoms with van der Waals surface area (Å²) in [4.78, 5) is 25.4. The summed E-state index contributed by atoms with van der Waals surface area (Å²) in [5.41, 5.74) is 0. The molecule has 2 heterocycles. The van der Waals surface area contributed by atoms with E-state index in [2.05, 4.69) is 22.9 Å². The van der Waals surface area contributed by atoms with E-state index in [9.17, 15) is 9.59 Å². The summed E-state index contributed by atoms with van der Waals surface area (Å²) in [6.07, 6.45) is 2.03. The molecular weight excluding hydrogens is 298 g/mol. The number of rotatable bonds is 5. The van der Waals surface area contributed by atoms with Crippen LogP contribution in [-0.4, -0.2) is 36.5 Å². The van der Waals surface area contributed by atoms with Crippen molar-refractivity contribution in [1.29, 1.82) is 0 Å². The maximum Gasteiger partial charge on any atom is 0.262 e. The van der Waals surface area contributed by atoms with E-state index in [-0.39, 0.29) is 29.8 Å². The predicted octanol–water partition coefficient (Wildman–Crippen LogP) is 1.76. The first-order valence-electron chi connectivity index (χ1n) is 7.87. The zero-order valence-electron chi connectivity index (χ0n) is 13.4. The molecule has 1 aromatic rings. The molecule has 0 spiro atoms. The molecule has 1 aromatic heterocycles. The Hall–Kier alpha value is -1.40. The second kappa shape index (κ2) is 7.74. The van der Waals surface area contributed by atoms with Gasteiger partial charge in [-0.05, 0) is 43.7 Å². The highest BCUT2D eigenvalue weighted by molar-refractivity contribution is 7.12. The number of amides is 2. The summed E-state index contributed by atoms with van der Waals surface area (Å²) in [6, 6.07) is 3.48. The van der Waals surface area contributed by atoms with Gasteiger partial charge in [0.25, 0.3) is 5.91 Å². The molecule has 3 unspecified atom stereocenters. The first-order valence-corrected chi connectivity index (χ1v) is 8.75. The second-order valence-corrected chi connectivity index (χ2v) is 7.12. The van der Waals surface area contributed by atoms with Crippen LogP contribution in [-0.2, 0) is 4.79 Å². The highest BCUT2D eigenvalue weighted by Crippen LogP contribution is 2.12. The molecule has 0 aliphatic carbocycles. The van der Waals surface area contributed by atoms with Crippen molar-refractivity contribution in [1.82, 2.24) is 16.0 Å². The SMILES string of the molecule is CC(C)C(NC(=O)c1cccs1)C(=O)NC1CCCNC1C. The fourth-order valence-electron chi connectivity index (χ4n) is 2.67. The molecule has 5 nitrogen and oxygen atoms in total. The fraction of sp³-hybridized carbons (Fsp3) is 0.625. The lowest BCUT2D eigenvalue weighted by atomic mass is 9.97. The average Bonchev–Trinajstić information content (AvgIpc) is 3.00. The Balaban J connectivity index is 1.97. The largest absolute Gasteiger partial charge is 0.350 e. The fourth-order valence-corrected chi connectivity index (χ4v) is 3.30. The van der Waals surface area contributed by atoms with Crippen LogP contribution in [0.15, 0.2) is 17.5 Å². The highest BCUT2D eigenvalue weighted by Gasteiger charge is 2.29. The lowest BCUT2D eigenvalue weighted by molar-refractivity contribution is -0.125. The number of piperidine rings is 1. The van der Waals surface area contributed by atoms with Gasteiger partial charge in [0.1, 0.15) is 6.04 Å². The zero-order chi connectivity index (χ0) is 16.1. The van der Waals surface area contributed by atoms with Gasteiger partial charge >= 0.3 is 0 Å². The van der Waals surface area contributed by atoms with Gasteiger partial charge in [0.05, 0.1) is 4.88 Å². The lowest BCUT2D eigenvalue weighted by Crippen LogP contribution is -2.57. The maximum atomic E-state index is 12.6. The monoisotopic (exact) mass is 323 g/mol. The third-order valence-corrected chi connectivity index (χ3v) is 4.94. The van der Waals surface area contributed by atoms with E-state index in [0.717, 1.165) is 19.4 Å². The smallest absolute Gasteiger partial charge is 0.262 e. The first-order chi connectivity index (χ1) is 10.5. The standard InChI is InChI=1S/C16H25N3O2S/c1-10(2)14(19-15(20)13-7-5-9-22-13)16(21)18-12-6-4-8-17-11(12)3/h5,7,9-12,14,17H,4,6,8H2,1-3H3,(H,18,21)(H,19,20). The Morgan fingerprint density at radius 1 is 1.41 bits per heavy atom. The van der Waals surface area contributed by atoms with Gasteiger partial charge in [0, 0.05) is 12.1 Å². The number of hydrogen-bond donors (Lipinski definition) is 3. The van der Waals surface area contributed by atoms with Crippen LogP contribution in [0.2, 0.25) is 0 Å². The van der Waals surface area contributed by atoms with E-state index < -0.39 is 6.04 Å². The Morgan fingerprint density at radius 3 is 2.77 bits per heavy atom. The predicted molar refractivity (Wildman–Crippen MR) is 89.0 cm³/mol. The van der Waals surface area contributed by atoms with Gasteiger partial charge in [-0.25, -0.2) is 0 Å². The molecule has 3 N–H and O–H groups in total. The molecule has 0 radical (unpaired) electrons. The molecule has 0 bridgehead atoms. The van der Waals surface area contributed by atoms with Crippen LogP contribution < -0.4 is 16.0 Å². The van der Waals surface area contributed by atoms with E-state index >= 15 is 0 Å². The normalized spacial score (nSPS) is 23.1. The van der Waals surface area contributed by atoms with Crippen molar-refractivity contribution in [2.45, 2.75) is 51.7 Å². The minimum atomic E-state index is -0.510. The molecule has 1 aliphatic rings. The molecule has 2 rings (SSSR count). The molecule has 0 saturated carbocycles. The van der Waals surface area contributed by atoms with Crippen LogP contribution in [0.25, 0.3) is 0 Å². The summed E-state index contributed by atoms with van der Waals surface area (Å²) < 4.78 is 0. The van der Waals surface area contributed by atoms with Crippen LogP contribution in [0.1, 0.15) is 43.3 Å². The molecule has 3 atom stereocenters. The Morgan fingerprint density at radius 2 is 2.18 bits per heavy atom. The van der Waals surface area contributed by atoms with Gasteiger partial charge in [-0.15, -0.1) is 11.3 Å². The van der Waals surface area contributed by atoms with Crippen molar-refractivity contribution in [3.05, 3.63) is 22.4 Å². The first kappa shape index (κ1) is 17.0. The summed E-state index contributed by atoms with van der Waals surface area (Å²) in [5, 5.41) is 11.2. The van der Waals surface area contributed by atoms with Crippen molar-refractivity contribution in [3.8, 4) is 0 Å². The number of carbonyl (C=O) groups excluding carboxylic acids is 2. The van der Waals surface area contributed by atoms with Gasteiger partial charge in [-0.1, -0.05) is 19.9 Å². The Bertz CT molecular complexity index is 501. The summed E-state index contributed by atoms with van der Waals surface area (Å²) >= 11 is 1.38. The van der Waals surface area contributed by atoms with Crippen LogP contribution in [0.4, 0.5) is 0 Å². The maximum absolute atomic E-state index is 12.6. The van der Waals surface area contributed by atoms with Crippen molar-refractivity contribution in [3.63, 3.8) is 0 Å². The van der Waals surface area contributed by atoms with E-state index in [1.807, 2.05) is 25.3 Å². The van der Waals surface area contributed by atoms with Gasteiger partial charge in [-0.2, -0.15) is 0 Å². The molecule has 0 aromatic carbocycles. The molecule has 2 amide bonds. The number of nitrogens with one attached hydrogen (secondary N) is 3. The van der Waals surface area contributed by atoms with E-state index in [4.69, 9.17) is 0 Å². The topological polar surface area (TPSA) is 70.2 Å². The minimum Gasteiger partial charge on any atom is -0.350 e. The van der Waals surface area contributed by atoms with Gasteiger partial charge < -0.3 is 16.0 Å². The third-order valence-electron chi connectivity index (χ3n) is 4.07. The molecule has 1 aliphatic heterocycles. The molecule has 122 valence electrons. The van der Waals surface area contributed by atoms with Gasteiger partial charge in [0.2, 0.25) is 5.91 Å². The summed E-state index contributed by atoms with van der Waals surface area (Å²) in [7, 11) is 0. The minimum absolute atomic E-state index is 0.0377. The molecule has 1 saturated heterocycles. The van der Waals surface area contributed by atoms with E-state index in [1.54, 1.807) is 6.07 Å². The van der Waals surface area contributed by atoms with Crippen LogP contribution in [0.3, 0.4) is 0 Å². The zero-order valence-corrected chi connectivity index (χ0v) is 14.2.